The molecule has 0 saturated heterocycles. The fourth-order valence-electron chi connectivity index (χ4n) is 0.635. The van der Waals surface area contributed by atoms with Crippen LogP contribution in [0.1, 0.15) is 27.7 Å². The van der Waals surface area contributed by atoms with Crippen molar-refractivity contribution in [3.8, 4) is 0 Å². The summed E-state index contributed by atoms with van der Waals surface area (Å²) in [4.78, 5) is 0. The van der Waals surface area contributed by atoms with Gasteiger partial charge in [-0.25, -0.2) is 0 Å². The van der Waals surface area contributed by atoms with Crippen LogP contribution in [0.3, 0.4) is 0 Å². The second-order valence-corrected chi connectivity index (χ2v) is 10.2. The molecular formula is C10H25NOSi. The molecule has 80 valence electrons. The van der Waals surface area contributed by atoms with E-state index >= 15 is 0 Å². The van der Waals surface area contributed by atoms with Crippen LogP contribution >= 0.6 is 0 Å². The predicted octanol–water partition coefficient (Wildman–Crippen LogP) is 2.60. The normalized spacial score (nSPS) is 15.9. The molecule has 13 heavy (non-hydrogen) atoms. The first kappa shape index (κ1) is 13.1. The molecule has 0 aromatic heterocycles. The van der Waals surface area contributed by atoms with Gasteiger partial charge < -0.3 is 10.2 Å². The van der Waals surface area contributed by atoms with Crippen molar-refractivity contribution in [1.82, 2.24) is 0 Å². The molecule has 2 N–H and O–H groups in total. The van der Waals surface area contributed by atoms with Gasteiger partial charge in [0.15, 0.2) is 8.32 Å². The first-order chi connectivity index (χ1) is 5.70. The predicted molar refractivity (Wildman–Crippen MR) is 61.4 cm³/mol. The van der Waals surface area contributed by atoms with E-state index in [4.69, 9.17) is 10.2 Å². The Labute approximate surface area is 84.0 Å². The molecule has 2 nitrogen and oxygen atoms in total. The molecule has 0 aromatic rings. The Balaban J connectivity index is 4.04. The van der Waals surface area contributed by atoms with Gasteiger partial charge in [0, 0.05) is 6.61 Å². The number of nitrogens with two attached hydrogens (primary N) is 1. The lowest BCUT2D eigenvalue weighted by Gasteiger charge is -2.36. The first-order valence-electron chi connectivity index (χ1n) is 5.04. The minimum Gasteiger partial charge on any atom is -0.417 e. The standard InChI is InChI=1S/C10H25NOSi/c1-9(7-11)8-12-13(5,6)10(2,3)4/h9H,7-8,11H2,1-6H3/t9-/m0/s1. The molecule has 0 aliphatic rings. The summed E-state index contributed by atoms with van der Waals surface area (Å²) in [6, 6.07) is 0. The van der Waals surface area contributed by atoms with Crippen LogP contribution in [-0.2, 0) is 4.43 Å². The zero-order valence-corrected chi connectivity index (χ0v) is 11.0. The van der Waals surface area contributed by atoms with E-state index in [0.29, 0.717) is 17.5 Å². The van der Waals surface area contributed by atoms with E-state index in [9.17, 15) is 0 Å². The van der Waals surface area contributed by atoms with Crippen molar-refractivity contribution in [2.24, 2.45) is 11.7 Å². The van der Waals surface area contributed by atoms with E-state index in [2.05, 4.69) is 40.8 Å². The molecule has 0 aliphatic carbocycles. The molecular weight excluding hydrogens is 178 g/mol. The number of rotatable bonds is 4. The van der Waals surface area contributed by atoms with E-state index in [1.165, 1.54) is 0 Å². The van der Waals surface area contributed by atoms with Gasteiger partial charge in [-0.2, -0.15) is 0 Å². The maximum absolute atomic E-state index is 6.01. The number of hydrogen-bond donors (Lipinski definition) is 1. The molecule has 3 heteroatoms. The largest absolute Gasteiger partial charge is 0.417 e. The van der Waals surface area contributed by atoms with Crippen molar-refractivity contribution < 1.29 is 4.43 Å². The van der Waals surface area contributed by atoms with Crippen molar-refractivity contribution in [3.05, 3.63) is 0 Å². The maximum Gasteiger partial charge on any atom is 0.191 e. The van der Waals surface area contributed by atoms with E-state index in [0.717, 1.165) is 6.61 Å². The van der Waals surface area contributed by atoms with Crippen molar-refractivity contribution in [2.75, 3.05) is 13.2 Å². The Morgan fingerprint density at radius 1 is 1.31 bits per heavy atom. The summed E-state index contributed by atoms with van der Waals surface area (Å²) in [5, 5.41) is 0.307. The molecule has 0 radical (unpaired) electrons. The van der Waals surface area contributed by atoms with Crippen molar-refractivity contribution in [2.45, 2.75) is 45.8 Å². The third-order valence-corrected chi connectivity index (χ3v) is 7.44. The van der Waals surface area contributed by atoms with Gasteiger partial charge in [-0.15, -0.1) is 0 Å². The van der Waals surface area contributed by atoms with Gasteiger partial charge in [0.2, 0.25) is 0 Å². The summed E-state index contributed by atoms with van der Waals surface area (Å²) in [5.74, 6) is 0.481. The van der Waals surface area contributed by atoms with E-state index in [-0.39, 0.29) is 0 Å². The van der Waals surface area contributed by atoms with Crippen LogP contribution < -0.4 is 5.73 Å². The summed E-state index contributed by atoms with van der Waals surface area (Å²) in [5.41, 5.74) is 5.55. The second-order valence-electron chi connectivity index (χ2n) is 5.41. The topological polar surface area (TPSA) is 35.2 Å². The fraction of sp³-hybridized carbons (Fsp3) is 1.00. The Hall–Kier alpha value is 0.137. The molecule has 0 aromatic carbocycles. The quantitative estimate of drug-likeness (QED) is 0.713. The lowest BCUT2D eigenvalue weighted by atomic mass is 10.2. The van der Waals surface area contributed by atoms with Crippen LogP contribution in [0.25, 0.3) is 0 Å². The molecule has 0 aliphatic heterocycles. The van der Waals surface area contributed by atoms with E-state index in [1.807, 2.05) is 0 Å². The number of hydrogen-bond acceptors (Lipinski definition) is 2. The highest BCUT2D eigenvalue weighted by Gasteiger charge is 2.37. The zero-order chi connectivity index (χ0) is 10.7. The average molecular weight is 203 g/mol. The molecule has 0 spiro atoms. The summed E-state index contributed by atoms with van der Waals surface area (Å²) < 4.78 is 6.01. The fourth-order valence-corrected chi connectivity index (χ4v) is 1.77. The SMILES string of the molecule is C[C@@H](CN)CO[Si](C)(C)C(C)(C)C. The van der Waals surface area contributed by atoms with Crippen molar-refractivity contribution in [1.29, 1.82) is 0 Å². The highest BCUT2D eigenvalue weighted by atomic mass is 28.4. The molecule has 0 unspecified atom stereocenters. The molecule has 0 bridgehead atoms. The van der Waals surface area contributed by atoms with Crippen LogP contribution in [0.5, 0.6) is 0 Å². The highest BCUT2D eigenvalue weighted by Crippen LogP contribution is 2.36. The Bertz CT molecular complexity index is 151. The van der Waals surface area contributed by atoms with Gasteiger partial charge in [-0.3, -0.25) is 0 Å². The molecule has 0 saturated carbocycles. The molecule has 0 fully saturated rings. The van der Waals surface area contributed by atoms with Crippen LogP contribution in [0.2, 0.25) is 18.1 Å². The van der Waals surface area contributed by atoms with E-state index in [1.54, 1.807) is 0 Å². The molecule has 0 heterocycles. The monoisotopic (exact) mass is 203 g/mol. The third kappa shape index (κ3) is 4.25. The first-order valence-corrected chi connectivity index (χ1v) is 7.95. The van der Waals surface area contributed by atoms with Crippen LogP contribution in [0.4, 0.5) is 0 Å². The highest BCUT2D eigenvalue weighted by molar-refractivity contribution is 6.74. The Morgan fingerprint density at radius 2 is 1.77 bits per heavy atom. The Morgan fingerprint density at radius 3 is 2.08 bits per heavy atom. The summed E-state index contributed by atoms with van der Waals surface area (Å²) >= 11 is 0. The van der Waals surface area contributed by atoms with Crippen LogP contribution in [-0.4, -0.2) is 21.5 Å². The minimum absolute atomic E-state index is 0.307. The van der Waals surface area contributed by atoms with E-state index < -0.39 is 8.32 Å². The van der Waals surface area contributed by atoms with Crippen LogP contribution in [0.15, 0.2) is 0 Å². The lowest BCUT2D eigenvalue weighted by molar-refractivity contribution is 0.241. The van der Waals surface area contributed by atoms with Gasteiger partial charge in [0.1, 0.15) is 0 Å². The van der Waals surface area contributed by atoms with Crippen molar-refractivity contribution in [3.63, 3.8) is 0 Å². The average Bonchev–Trinajstić information content (AvgIpc) is 1.98. The maximum atomic E-state index is 6.01. The summed E-state index contributed by atoms with van der Waals surface area (Å²) in [6.45, 7) is 15.0. The lowest BCUT2D eigenvalue weighted by Crippen LogP contribution is -2.42. The van der Waals surface area contributed by atoms with Gasteiger partial charge in [-0.05, 0) is 30.6 Å². The van der Waals surface area contributed by atoms with Gasteiger partial charge in [0.25, 0.3) is 0 Å². The van der Waals surface area contributed by atoms with Gasteiger partial charge in [-0.1, -0.05) is 27.7 Å². The third-order valence-electron chi connectivity index (χ3n) is 2.94. The Kier molecular flexibility index (Phi) is 4.62. The smallest absolute Gasteiger partial charge is 0.191 e. The second kappa shape index (κ2) is 4.58. The molecule has 1 atom stereocenters. The van der Waals surface area contributed by atoms with Crippen molar-refractivity contribution >= 4 is 8.32 Å². The summed E-state index contributed by atoms with van der Waals surface area (Å²) in [6.07, 6.45) is 0. The van der Waals surface area contributed by atoms with Crippen LogP contribution in [0, 0.1) is 5.92 Å². The molecule has 0 rings (SSSR count). The summed E-state index contributed by atoms with van der Waals surface area (Å²) in [7, 11) is -1.54. The molecule has 0 amide bonds. The zero-order valence-electron chi connectivity index (χ0n) is 9.98. The minimum atomic E-state index is -1.54. The van der Waals surface area contributed by atoms with Gasteiger partial charge in [0.05, 0.1) is 0 Å². The van der Waals surface area contributed by atoms with Gasteiger partial charge >= 0.3 is 0 Å².